The summed E-state index contributed by atoms with van der Waals surface area (Å²) in [5.41, 5.74) is 0.627. The van der Waals surface area contributed by atoms with Crippen LogP contribution < -0.4 is 5.56 Å². The zero-order chi connectivity index (χ0) is 18.4. The molecule has 25 heavy (non-hydrogen) atoms. The number of aryl methyl sites for hydroxylation is 2. The Balaban J connectivity index is 2.09. The molecule has 0 radical (unpaired) electrons. The first-order valence-electron chi connectivity index (χ1n) is 7.32. The van der Waals surface area contributed by atoms with Crippen LogP contribution in [-0.4, -0.2) is 34.1 Å². The standard InChI is InChI=1S/C16H15N3O5S/c1-9-3-4-13(10(2)5-9)25(23,24)8-11-6-14(20)19-15(18-11)12(7-17-19)16(21)22/h3-7,17H,8H2,1-2H3,(H,21,22). The molecule has 0 aliphatic carbocycles. The third-order valence-electron chi connectivity index (χ3n) is 3.78. The number of rotatable bonds is 4. The lowest BCUT2D eigenvalue weighted by Gasteiger charge is -2.08. The van der Waals surface area contributed by atoms with Gasteiger partial charge in [-0.15, -0.1) is 0 Å². The van der Waals surface area contributed by atoms with Crippen molar-refractivity contribution in [2.75, 3.05) is 0 Å². The van der Waals surface area contributed by atoms with E-state index in [0.29, 0.717) is 5.56 Å². The molecule has 0 aliphatic heterocycles. The molecule has 3 rings (SSSR count). The molecule has 130 valence electrons. The molecule has 2 aromatic heterocycles. The van der Waals surface area contributed by atoms with Crippen molar-refractivity contribution < 1.29 is 18.3 Å². The Morgan fingerprint density at radius 3 is 2.64 bits per heavy atom. The Hall–Kier alpha value is -2.94. The number of H-pyrrole nitrogens is 1. The molecule has 0 unspecified atom stereocenters. The molecule has 0 saturated heterocycles. The van der Waals surface area contributed by atoms with Gasteiger partial charge in [0.2, 0.25) is 0 Å². The number of aromatic amines is 1. The molecule has 2 heterocycles. The Morgan fingerprint density at radius 1 is 1.28 bits per heavy atom. The summed E-state index contributed by atoms with van der Waals surface area (Å²) >= 11 is 0. The number of carboxylic acid groups (broad SMARTS) is 1. The van der Waals surface area contributed by atoms with Crippen molar-refractivity contribution in [1.82, 2.24) is 14.6 Å². The van der Waals surface area contributed by atoms with Crippen molar-refractivity contribution in [3.05, 3.63) is 63.2 Å². The topological polar surface area (TPSA) is 122 Å². The number of nitrogens with zero attached hydrogens (tertiary/aromatic N) is 2. The second-order valence-corrected chi connectivity index (χ2v) is 7.72. The van der Waals surface area contributed by atoms with E-state index in [0.717, 1.165) is 22.3 Å². The van der Waals surface area contributed by atoms with Gasteiger partial charge in [-0.2, -0.15) is 0 Å². The van der Waals surface area contributed by atoms with Crippen LogP contribution in [0.4, 0.5) is 0 Å². The minimum absolute atomic E-state index is 0.00734. The van der Waals surface area contributed by atoms with Gasteiger partial charge in [-0.1, -0.05) is 17.7 Å². The Bertz CT molecular complexity index is 1160. The first kappa shape index (κ1) is 16.9. The number of carbonyl (C=O) groups is 1. The highest BCUT2D eigenvalue weighted by Crippen LogP contribution is 2.20. The minimum Gasteiger partial charge on any atom is -0.477 e. The third kappa shape index (κ3) is 3.05. The molecule has 0 amide bonds. The van der Waals surface area contributed by atoms with E-state index in [1.54, 1.807) is 19.1 Å². The fourth-order valence-electron chi connectivity index (χ4n) is 2.68. The SMILES string of the molecule is Cc1ccc(S(=O)(=O)Cc2cc(=O)n3[nH]cc(C(=O)O)c3n2)c(C)c1. The molecule has 0 spiro atoms. The molecule has 3 aromatic rings. The monoisotopic (exact) mass is 361 g/mol. The molecule has 1 aromatic carbocycles. The number of carboxylic acids is 1. The van der Waals surface area contributed by atoms with E-state index in [1.165, 1.54) is 6.07 Å². The maximum Gasteiger partial charge on any atom is 0.341 e. The van der Waals surface area contributed by atoms with Crippen LogP contribution in [0.2, 0.25) is 0 Å². The first-order chi connectivity index (χ1) is 11.7. The summed E-state index contributed by atoms with van der Waals surface area (Å²) in [5.74, 6) is -1.76. The summed E-state index contributed by atoms with van der Waals surface area (Å²) in [4.78, 5) is 27.5. The van der Waals surface area contributed by atoms with Crippen LogP contribution in [0.25, 0.3) is 5.65 Å². The molecule has 0 aliphatic rings. The summed E-state index contributed by atoms with van der Waals surface area (Å²) in [6.07, 6.45) is 1.13. The number of aromatic carboxylic acids is 1. The van der Waals surface area contributed by atoms with Crippen LogP contribution in [-0.2, 0) is 15.6 Å². The minimum atomic E-state index is -3.73. The predicted octanol–water partition coefficient (Wildman–Crippen LogP) is 1.31. The Labute approximate surface area is 142 Å². The summed E-state index contributed by atoms with van der Waals surface area (Å²) in [5, 5.41) is 11.6. The molecule has 8 nitrogen and oxygen atoms in total. The number of hydrogen-bond acceptors (Lipinski definition) is 5. The van der Waals surface area contributed by atoms with Gasteiger partial charge in [0.1, 0.15) is 5.56 Å². The summed E-state index contributed by atoms with van der Waals surface area (Å²) in [6, 6.07) is 6.05. The number of sulfone groups is 1. The Morgan fingerprint density at radius 2 is 2.00 bits per heavy atom. The molecular weight excluding hydrogens is 346 g/mol. The van der Waals surface area contributed by atoms with Gasteiger partial charge in [0.05, 0.1) is 16.3 Å². The van der Waals surface area contributed by atoms with Gasteiger partial charge in [-0.05, 0) is 25.5 Å². The maximum atomic E-state index is 12.7. The van der Waals surface area contributed by atoms with Gasteiger partial charge < -0.3 is 5.11 Å². The molecule has 9 heteroatoms. The smallest absolute Gasteiger partial charge is 0.341 e. The average molecular weight is 361 g/mol. The summed E-state index contributed by atoms with van der Waals surface area (Å²) in [6.45, 7) is 3.55. The largest absolute Gasteiger partial charge is 0.477 e. The molecule has 0 fully saturated rings. The fourth-order valence-corrected chi connectivity index (χ4v) is 4.20. The second-order valence-electron chi connectivity index (χ2n) is 5.77. The van der Waals surface area contributed by atoms with Crippen LogP contribution in [0.5, 0.6) is 0 Å². The number of hydrogen-bond donors (Lipinski definition) is 2. The van der Waals surface area contributed by atoms with Gasteiger partial charge in [0, 0.05) is 12.3 Å². The van der Waals surface area contributed by atoms with Gasteiger partial charge in [0.25, 0.3) is 5.56 Å². The van der Waals surface area contributed by atoms with E-state index in [4.69, 9.17) is 5.11 Å². The van der Waals surface area contributed by atoms with Crippen LogP contribution in [0.1, 0.15) is 27.2 Å². The van der Waals surface area contributed by atoms with Crippen molar-refractivity contribution in [2.45, 2.75) is 24.5 Å². The maximum absolute atomic E-state index is 12.7. The van der Waals surface area contributed by atoms with Crippen LogP contribution in [0.15, 0.2) is 40.2 Å². The normalized spacial score (nSPS) is 11.8. The van der Waals surface area contributed by atoms with E-state index in [-0.39, 0.29) is 21.8 Å². The highest BCUT2D eigenvalue weighted by atomic mass is 32.2. The van der Waals surface area contributed by atoms with Crippen molar-refractivity contribution in [1.29, 1.82) is 0 Å². The lowest BCUT2D eigenvalue weighted by Crippen LogP contribution is -2.18. The van der Waals surface area contributed by atoms with Crippen LogP contribution >= 0.6 is 0 Å². The van der Waals surface area contributed by atoms with E-state index in [2.05, 4.69) is 10.1 Å². The zero-order valence-corrected chi connectivity index (χ0v) is 14.3. The molecular formula is C16H15N3O5S. The van der Waals surface area contributed by atoms with E-state index >= 15 is 0 Å². The third-order valence-corrected chi connectivity index (χ3v) is 5.59. The number of fused-ring (bicyclic) bond motifs is 1. The first-order valence-corrected chi connectivity index (χ1v) is 8.97. The average Bonchev–Trinajstić information content (AvgIpc) is 2.90. The predicted molar refractivity (Wildman–Crippen MR) is 89.6 cm³/mol. The van der Waals surface area contributed by atoms with E-state index in [1.807, 2.05) is 6.92 Å². The highest BCUT2D eigenvalue weighted by molar-refractivity contribution is 7.90. The van der Waals surface area contributed by atoms with Gasteiger partial charge in [-0.3, -0.25) is 9.89 Å². The Kier molecular flexibility index (Phi) is 3.96. The van der Waals surface area contributed by atoms with Crippen molar-refractivity contribution in [2.24, 2.45) is 0 Å². The molecule has 0 bridgehead atoms. The molecule has 2 N–H and O–H groups in total. The van der Waals surface area contributed by atoms with E-state index < -0.39 is 27.1 Å². The van der Waals surface area contributed by atoms with Crippen molar-refractivity contribution >= 4 is 21.5 Å². The summed E-state index contributed by atoms with van der Waals surface area (Å²) in [7, 11) is -3.73. The lowest BCUT2D eigenvalue weighted by molar-refractivity contribution is 0.0698. The quantitative estimate of drug-likeness (QED) is 0.722. The van der Waals surface area contributed by atoms with Crippen molar-refractivity contribution in [3.8, 4) is 0 Å². The molecule has 0 atom stereocenters. The molecule has 0 saturated carbocycles. The van der Waals surface area contributed by atoms with E-state index in [9.17, 15) is 18.0 Å². The van der Waals surface area contributed by atoms with Gasteiger partial charge in [-0.25, -0.2) is 22.7 Å². The van der Waals surface area contributed by atoms with Crippen LogP contribution in [0.3, 0.4) is 0 Å². The highest BCUT2D eigenvalue weighted by Gasteiger charge is 2.21. The van der Waals surface area contributed by atoms with Crippen LogP contribution in [0, 0.1) is 13.8 Å². The number of nitrogens with one attached hydrogen (secondary N) is 1. The van der Waals surface area contributed by atoms with Gasteiger partial charge in [0.15, 0.2) is 15.5 Å². The number of aromatic nitrogens is 3. The van der Waals surface area contributed by atoms with Crippen molar-refractivity contribution in [3.63, 3.8) is 0 Å². The fraction of sp³-hybridized carbons (Fsp3) is 0.188. The lowest BCUT2D eigenvalue weighted by atomic mass is 10.2. The zero-order valence-electron chi connectivity index (χ0n) is 13.5. The number of benzene rings is 1. The summed E-state index contributed by atoms with van der Waals surface area (Å²) < 4.78 is 26.3. The second kappa shape index (κ2) is 5.85. The van der Waals surface area contributed by atoms with Gasteiger partial charge >= 0.3 is 5.97 Å².